The lowest BCUT2D eigenvalue weighted by molar-refractivity contribution is -0.118. The molecule has 0 aliphatic rings. The number of hydrogen-bond donors (Lipinski definition) is 1. The van der Waals surface area contributed by atoms with Gasteiger partial charge in [0.25, 0.3) is 0 Å². The fraction of sp³-hybridized carbons (Fsp3) is 0.222. The number of nitrogens with one attached hydrogen (secondary N) is 1. The molecule has 1 amide bonds. The molecule has 0 bridgehead atoms. The van der Waals surface area contributed by atoms with E-state index >= 15 is 0 Å². The van der Waals surface area contributed by atoms with Crippen LogP contribution in [0.15, 0.2) is 36.7 Å². The summed E-state index contributed by atoms with van der Waals surface area (Å²) < 4.78 is 16.5. The van der Waals surface area contributed by atoms with Crippen molar-refractivity contribution < 1.29 is 9.18 Å². The first-order valence-electron chi connectivity index (χ1n) is 8.34. The maximum Gasteiger partial charge on any atom is 0.242 e. The first-order chi connectivity index (χ1) is 13.0. The predicted molar refractivity (Wildman–Crippen MR) is 100.0 cm³/mol. The molecule has 4 aromatic heterocycles. The van der Waals surface area contributed by atoms with Crippen LogP contribution in [0.1, 0.15) is 0 Å². The highest BCUT2D eigenvalue weighted by Crippen LogP contribution is 2.30. The molecule has 0 atom stereocenters. The number of carbonyl (C=O) groups is 1. The Bertz CT molecular complexity index is 1150. The highest BCUT2D eigenvalue weighted by molar-refractivity contribution is 6.01. The maximum atomic E-state index is 14.9. The van der Waals surface area contributed by atoms with Crippen LogP contribution < -0.4 is 4.90 Å². The number of likely N-dealkylation sites (N-methyl/N-ethyl adjacent to an activating group) is 2. The zero-order valence-electron chi connectivity index (χ0n) is 15.1. The summed E-state index contributed by atoms with van der Waals surface area (Å²) in [6, 6.07) is 6.90. The summed E-state index contributed by atoms with van der Waals surface area (Å²) in [6.07, 6.45) is 3.37. The molecule has 27 heavy (non-hydrogen) atoms. The third kappa shape index (κ3) is 2.91. The third-order valence-corrected chi connectivity index (χ3v) is 4.31. The summed E-state index contributed by atoms with van der Waals surface area (Å²) in [5.41, 5.74) is 1.92. The number of halogens is 1. The minimum atomic E-state index is -0.502. The molecule has 8 nitrogen and oxygen atoms in total. The van der Waals surface area contributed by atoms with E-state index in [1.807, 2.05) is 18.2 Å². The molecule has 0 aliphatic carbocycles. The summed E-state index contributed by atoms with van der Waals surface area (Å²) in [5.74, 6) is -0.312. The minimum absolute atomic E-state index is 0.152. The van der Waals surface area contributed by atoms with Gasteiger partial charge in [-0.3, -0.25) is 14.8 Å². The number of anilines is 1. The molecule has 0 aromatic carbocycles. The number of pyridine rings is 2. The van der Waals surface area contributed by atoms with Gasteiger partial charge in [0.15, 0.2) is 17.3 Å². The molecular weight excluding hydrogens is 349 g/mol. The first-order valence-corrected chi connectivity index (χ1v) is 8.34. The molecule has 0 saturated heterocycles. The number of aromatic nitrogens is 5. The van der Waals surface area contributed by atoms with Crippen molar-refractivity contribution in [1.29, 1.82) is 0 Å². The molecule has 9 heteroatoms. The largest absolute Gasteiger partial charge is 0.301 e. The number of amides is 1. The van der Waals surface area contributed by atoms with Crippen LogP contribution >= 0.6 is 0 Å². The molecule has 0 radical (unpaired) electrons. The van der Waals surface area contributed by atoms with E-state index in [1.54, 1.807) is 43.0 Å². The van der Waals surface area contributed by atoms with E-state index in [0.717, 1.165) is 5.52 Å². The Hall–Kier alpha value is -3.33. The van der Waals surface area contributed by atoms with Gasteiger partial charge < -0.3 is 4.90 Å². The van der Waals surface area contributed by atoms with E-state index < -0.39 is 5.82 Å². The van der Waals surface area contributed by atoms with Crippen molar-refractivity contribution in [3.8, 4) is 11.3 Å². The lowest BCUT2D eigenvalue weighted by Crippen LogP contribution is -2.35. The second-order valence-electron chi connectivity index (χ2n) is 6.54. The van der Waals surface area contributed by atoms with Crippen molar-refractivity contribution >= 4 is 28.3 Å². The SMILES string of the molecule is CN(C)CC(=O)N(C)c1n[nH]c2nc(-c3cnn4ccccc34)c(F)cc12. The van der Waals surface area contributed by atoms with Gasteiger partial charge in [-0.05, 0) is 32.3 Å². The van der Waals surface area contributed by atoms with Crippen LogP contribution in [-0.2, 0) is 4.79 Å². The van der Waals surface area contributed by atoms with Crippen molar-refractivity contribution in [2.75, 3.05) is 32.6 Å². The Balaban J connectivity index is 1.79. The lowest BCUT2D eigenvalue weighted by atomic mass is 10.1. The number of hydrogen-bond acceptors (Lipinski definition) is 5. The van der Waals surface area contributed by atoms with Crippen LogP contribution in [0.4, 0.5) is 10.2 Å². The molecule has 4 aromatic rings. The molecule has 0 fully saturated rings. The maximum absolute atomic E-state index is 14.9. The number of aromatic amines is 1. The van der Waals surface area contributed by atoms with Gasteiger partial charge in [-0.1, -0.05) is 6.07 Å². The highest BCUT2D eigenvalue weighted by Gasteiger charge is 2.21. The average Bonchev–Trinajstić information content (AvgIpc) is 3.23. The van der Waals surface area contributed by atoms with Crippen LogP contribution in [0.2, 0.25) is 0 Å². The van der Waals surface area contributed by atoms with E-state index in [0.29, 0.717) is 22.4 Å². The Kier molecular flexibility index (Phi) is 4.08. The monoisotopic (exact) mass is 367 g/mol. The van der Waals surface area contributed by atoms with Gasteiger partial charge in [0.2, 0.25) is 5.91 Å². The summed E-state index contributed by atoms with van der Waals surface area (Å²) in [4.78, 5) is 19.8. The topological polar surface area (TPSA) is 82.4 Å². The fourth-order valence-corrected chi connectivity index (χ4v) is 2.97. The van der Waals surface area contributed by atoms with E-state index in [2.05, 4.69) is 20.3 Å². The average molecular weight is 367 g/mol. The van der Waals surface area contributed by atoms with Crippen molar-refractivity contribution in [3.63, 3.8) is 0 Å². The van der Waals surface area contributed by atoms with Crippen LogP contribution in [0.5, 0.6) is 0 Å². The van der Waals surface area contributed by atoms with Gasteiger partial charge in [-0.15, -0.1) is 0 Å². The van der Waals surface area contributed by atoms with E-state index in [9.17, 15) is 9.18 Å². The second kappa shape index (κ2) is 6.44. The van der Waals surface area contributed by atoms with Gasteiger partial charge in [0, 0.05) is 18.8 Å². The number of nitrogens with zero attached hydrogens (tertiary/aromatic N) is 6. The fourth-order valence-electron chi connectivity index (χ4n) is 2.97. The smallest absolute Gasteiger partial charge is 0.242 e. The zero-order valence-corrected chi connectivity index (χ0v) is 15.1. The van der Waals surface area contributed by atoms with Crippen molar-refractivity contribution in [2.24, 2.45) is 0 Å². The molecule has 0 unspecified atom stereocenters. The summed E-state index contributed by atoms with van der Waals surface area (Å²) >= 11 is 0. The van der Waals surface area contributed by atoms with Gasteiger partial charge >= 0.3 is 0 Å². The molecule has 4 rings (SSSR count). The van der Waals surface area contributed by atoms with Crippen molar-refractivity contribution in [3.05, 3.63) is 42.5 Å². The molecule has 4 heterocycles. The van der Waals surface area contributed by atoms with Crippen LogP contribution in [0, 0.1) is 5.82 Å². The van der Waals surface area contributed by atoms with Gasteiger partial charge in [-0.2, -0.15) is 10.2 Å². The lowest BCUT2D eigenvalue weighted by Gasteiger charge is -2.17. The Morgan fingerprint density at radius 1 is 1.30 bits per heavy atom. The second-order valence-corrected chi connectivity index (χ2v) is 6.54. The number of rotatable bonds is 4. The molecule has 1 N–H and O–H groups in total. The number of fused-ring (bicyclic) bond motifs is 2. The Labute approximate surface area is 154 Å². The molecule has 0 spiro atoms. The number of H-pyrrole nitrogens is 1. The quantitative estimate of drug-likeness (QED) is 0.596. The highest BCUT2D eigenvalue weighted by atomic mass is 19.1. The van der Waals surface area contributed by atoms with Crippen molar-refractivity contribution in [2.45, 2.75) is 0 Å². The molecule has 138 valence electrons. The van der Waals surface area contributed by atoms with Gasteiger partial charge in [0.05, 0.1) is 23.6 Å². The number of carbonyl (C=O) groups excluding carboxylic acids is 1. The van der Waals surface area contributed by atoms with E-state index in [-0.39, 0.29) is 18.1 Å². The standard InChI is InChI=1S/C18H18FN7O/c1-24(2)10-15(27)25(3)18-11-8-13(19)16(21-17(11)22-23-18)12-9-20-26-7-5-4-6-14(12)26/h4-9H,10H2,1-3H3,(H,21,22,23). The molecule has 0 aliphatic heterocycles. The van der Waals surface area contributed by atoms with Gasteiger partial charge in [0.1, 0.15) is 5.69 Å². The van der Waals surface area contributed by atoms with E-state index in [1.165, 1.54) is 11.0 Å². The summed E-state index contributed by atoms with van der Waals surface area (Å²) in [6.45, 7) is 0.223. The first kappa shape index (κ1) is 17.1. The van der Waals surface area contributed by atoms with Crippen LogP contribution in [0.3, 0.4) is 0 Å². The molecule has 0 saturated carbocycles. The van der Waals surface area contributed by atoms with Crippen molar-refractivity contribution in [1.82, 2.24) is 29.7 Å². The summed E-state index contributed by atoms with van der Waals surface area (Å²) in [7, 11) is 5.22. The Morgan fingerprint density at radius 3 is 2.89 bits per heavy atom. The normalized spacial score (nSPS) is 11.6. The van der Waals surface area contributed by atoms with E-state index in [4.69, 9.17) is 0 Å². The minimum Gasteiger partial charge on any atom is -0.301 e. The van der Waals surface area contributed by atoms with Crippen LogP contribution in [0.25, 0.3) is 27.8 Å². The Morgan fingerprint density at radius 2 is 2.11 bits per heavy atom. The predicted octanol–water partition coefficient (Wildman–Crippen LogP) is 1.94. The summed E-state index contributed by atoms with van der Waals surface area (Å²) in [5, 5.41) is 11.6. The third-order valence-electron chi connectivity index (χ3n) is 4.31. The van der Waals surface area contributed by atoms with Gasteiger partial charge in [-0.25, -0.2) is 13.9 Å². The molecular formula is C18H18FN7O. The van der Waals surface area contributed by atoms with Crippen LogP contribution in [-0.4, -0.2) is 63.3 Å². The zero-order chi connectivity index (χ0) is 19.1.